The zero-order valence-corrected chi connectivity index (χ0v) is 12.3. The zero-order valence-electron chi connectivity index (χ0n) is 11.5. The molecule has 0 aliphatic heterocycles. The lowest BCUT2D eigenvalue weighted by Gasteiger charge is -2.15. The maximum atomic E-state index is 13.9. The van der Waals surface area contributed by atoms with E-state index in [-0.39, 0.29) is 11.3 Å². The second kappa shape index (κ2) is 5.63. The minimum absolute atomic E-state index is 0.0261. The fraction of sp³-hybridized carbons (Fsp3) is 0.462. The van der Waals surface area contributed by atoms with Crippen molar-refractivity contribution in [2.24, 2.45) is 4.40 Å². The summed E-state index contributed by atoms with van der Waals surface area (Å²) < 4.78 is 66.6. The van der Waals surface area contributed by atoms with Gasteiger partial charge in [0.1, 0.15) is 16.8 Å². The van der Waals surface area contributed by atoms with Crippen molar-refractivity contribution in [3.05, 3.63) is 35.1 Å². The van der Waals surface area contributed by atoms with Crippen molar-refractivity contribution in [3.8, 4) is 0 Å². The molecule has 0 saturated carbocycles. The average molecular weight is 309 g/mol. The first-order valence-electron chi connectivity index (χ1n) is 5.78. The lowest BCUT2D eigenvalue weighted by Crippen LogP contribution is -2.21. The van der Waals surface area contributed by atoms with E-state index in [0.717, 1.165) is 6.07 Å². The highest BCUT2D eigenvalue weighted by molar-refractivity contribution is 7.85. The highest BCUT2D eigenvalue weighted by Crippen LogP contribution is 2.32. The summed E-state index contributed by atoms with van der Waals surface area (Å²) in [6, 6.07) is 2.94. The molecule has 7 heteroatoms. The van der Waals surface area contributed by atoms with Crippen LogP contribution in [0.4, 0.5) is 17.6 Å². The molecule has 0 bridgehead atoms. The summed E-state index contributed by atoms with van der Waals surface area (Å²) in [5.74, 6) is -1.40. The minimum atomic E-state index is -4.77. The Bertz CT molecular complexity index is 558. The van der Waals surface area contributed by atoms with Gasteiger partial charge in [-0.25, -0.2) is 8.60 Å². The standard InChI is InChI=1S/C13H15F4NOS/c1-8(18-20(19)12(2,3)4)9-6-5-7-10(11(9)14)13(15,16)17/h5-7H,1-4H3/t20-/m1/s1. The molecule has 0 aromatic heterocycles. The molecule has 0 radical (unpaired) electrons. The molecule has 1 atom stereocenters. The molecule has 0 aliphatic carbocycles. The van der Waals surface area contributed by atoms with Gasteiger partial charge in [-0.1, -0.05) is 12.1 Å². The molecule has 0 aliphatic rings. The predicted octanol–water partition coefficient (Wildman–Crippen LogP) is 4.12. The normalized spacial score (nSPS) is 15.3. The van der Waals surface area contributed by atoms with Gasteiger partial charge in [-0.05, 0) is 33.8 Å². The van der Waals surface area contributed by atoms with Crippen molar-refractivity contribution in [2.45, 2.75) is 38.6 Å². The van der Waals surface area contributed by atoms with E-state index in [4.69, 9.17) is 0 Å². The van der Waals surface area contributed by atoms with E-state index < -0.39 is 33.3 Å². The number of rotatable bonds is 2. The van der Waals surface area contributed by atoms with Gasteiger partial charge in [-0.15, -0.1) is 0 Å². The molecule has 0 N–H and O–H groups in total. The average Bonchev–Trinajstić information content (AvgIpc) is 2.26. The molecule has 20 heavy (non-hydrogen) atoms. The van der Waals surface area contributed by atoms with Crippen molar-refractivity contribution in [1.82, 2.24) is 0 Å². The van der Waals surface area contributed by atoms with Gasteiger partial charge in [0, 0.05) is 5.56 Å². The predicted molar refractivity (Wildman–Crippen MR) is 71.5 cm³/mol. The van der Waals surface area contributed by atoms with Gasteiger partial charge in [0.2, 0.25) is 0 Å². The molecule has 0 amide bonds. The summed E-state index contributed by atoms with van der Waals surface area (Å²) in [5, 5.41) is 0. The van der Waals surface area contributed by atoms with Crippen LogP contribution in [0.5, 0.6) is 0 Å². The van der Waals surface area contributed by atoms with E-state index in [2.05, 4.69) is 4.40 Å². The summed E-state index contributed by atoms with van der Waals surface area (Å²) in [6.07, 6.45) is -4.77. The number of halogens is 4. The van der Waals surface area contributed by atoms with Gasteiger partial charge < -0.3 is 0 Å². The van der Waals surface area contributed by atoms with Crippen LogP contribution in [0.3, 0.4) is 0 Å². The molecule has 1 aromatic carbocycles. The lowest BCUT2D eigenvalue weighted by atomic mass is 10.1. The Kier molecular flexibility index (Phi) is 4.74. The third-order valence-electron chi connectivity index (χ3n) is 2.44. The Labute approximate surface area is 117 Å². The summed E-state index contributed by atoms with van der Waals surface area (Å²) in [5.41, 5.74) is -1.68. The molecule has 2 nitrogen and oxygen atoms in total. The Hall–Kier alpha value is -1.24. The van der Waals surface area contributed by atoms with Crippen LogP contribution in [0.15, 0.2) is 22.6 Å². The zero-order chi connectivity index (χ0) is 15.7. The quantitative estimate of drug-likeness (QED) is 0.597. The van der Waals surface area contributed by atoms with Crippen LogP contribution in [0, 0.1) is 5.82 Å². The molecule has 0 spiro atoms. The van der Waals surface area contributed by atoms with Crippen molar-refractivity contribution < 1.29 is 21.8 Å². The molecule has 0 unspecified atom stereocenters. The van der Waals surface area contributed by atoms with Crippen LogP contribution in [-0.2, 0) is 17.2 Å². The first-order chi connectivity index (χ1) is 8.94. The van der Waals surface area contributed by atoms with E-state index in [0.29, 0.717) is 6.07 Å². The molecule has 1 rings (SSSR count). The summed E-state index contributed by atoms with van der Waals surface area (Å²) in [4.78, 5) is 0. The fourth-order valence-corrected chi connectivity index (χ4v) is 1.96. The number of alkyl halides is 3. The molecular formula is C13H15F4NOS. The lowest BCUT2D eigenvalue weighted by molar-refractivity contribution is -0.140. The summed E-state index contributed by atoms with van der Waals surface area (Å²) >= 11 is 0. The smallest absolute Gasteiger partial charge is 0.234 e. The number of hydrogen-bond acceptors (Lipinski definition) is 1. The maximum absolute atomic E-state index is 13.9. The monoisotopic (exact) mass is 309 g/mol. The second-order valence-corrected chi connectivity index (χ2v) is 7.11. The topological polar surface area (TPSA) is 29.4 Å². The van der Waals surface area contributed by atoms with Crippen LogP contribution in [0.2, 0.25) is 0 Å². The Morgan fingerprint density at radius 3 is 2.20 bits per heavy atom. The number of hydrogen-bond donors (Lipinski definition) is 0. The largest absolute Gasteiger partial charge is 0.419 e. The second-order valence-electron chi connectivity index (χ2n) is 5.20. The molecule has 0 heterocycles. The summed E-state index contributed by atoms with van der Waals surface area (Å²) in [6.45, 7) is 6.34. The fourth-order valence-electron chi connectivity index (χ4n) is 1.34. The van der Waals surface area contributed by atoms with Gasteiger partial charge in [-0.2, -0.15) is 17.6 Å². The van der Waals surface area contributed by atoms with Gasteiger partial charge in [0.25, 0.3) is 0 Å². The summed E-state index contributed by atoms with van der Waals surface area (Å²) in [7, 11) is -1.66. The molecule has 0 saturated heterocycles. The first-order valence-corrected chi connectivity index (χ1v) is 6.88. The third kappa shape index (κ3) is 3.88. The van der Waals surface area contributed by atoms with Gasteiger partial charge in [0.05, 0.1) is 16.0 Å². The van der Waals surface area contributed by atoms with E-state index in [1.165, 1.54) is 13.0 Å². The highest BCUT2D eigenvalue weighted by atomic mass is 32.2. The van der Waals surface area contributed by atoms with Gasteiger partial charge >= 0.3 is 6.18 Å². The van der Waals surface area contributed by atoms with Crippen LogP contribution >= 0.6 is 0 Å². The number of benzene rings is 1. The molecule has 112 valence electrons. The van der Waals surface area contributed by atoms with Crippen molar-refractivity contribution in [1.29, 1.82) is 0 Å². The van der Waals surface area contributed by atoms with E-state index in [1.54, 1.807) is 20.8 Å². The third-order valence-corrected chi connectivity index (χ3v) is 3.93. The maximum Gasteiger partial charge on any atom is 0.419 e. The van der Waals surface area contributed by atoms with Gasteiger partial charge in [-0.3, -0.25) is 0 Å². The van der Waals surface area contributed by atoms with Crippen LogP contribution in [0.25, 0.3) is 0 Å². The highest BCUT2D eigenvalue weighted by Gasteiger charge is 2.35. The first kappa shape index (κ1) is 16.8. The van der Waals surface area contributed by atoms with Crippen LogP contribution in [0.1, 0.15) is 38.8 Å². The molecular weight excluding hydrogens is 294 g/mol. The SMILES string of the molecule is CC(=N[S@](=O)C(C)(C)C)c1cccc(C(F)(F)F)c1F. The minimum Gasteiger partial charge on any atom is -0.234 e. The van der Waals surface area contributed by atoms with E-state index >= 15 is 0 Å². The molecule has 1 aromatic rings. The van der Waals surface area contributed by atoms with E-state index in [9.17, 15) is 21.8 Å². The van der Waals surface area contributed by atoms with Crippen molar-refractivity contribution >= 4 is 16.7 Å². The van der Waals surface area contributed by atoms with Crippen molar-refractivity contribution in [2.75, 3.05) is 0 Å². The van der Waals surface area contributed by atoms with E-state index in [1.807, 2.05) is 0 Å². The van der Waals surface area contributed by atoms with Gasteiger partial charge in [0.15, 0.2) is 0 Å². The van der Waals surface area contributed by atoms with Crippen LogP contribution < -0.4 is 0 Å². The Morgan fingerprint density at radius 1 is 1.20 bits per heavy atom. The van der Waals surface area contributed by atoms with Crippen molar-refractivity contribution in [3.63, 3.8) is 0 Å². The number of nitrogens with zero attached hydrogens (tertiary/aromatic N) is 1. The Balaban J connectivity index is 3.29. The van der Waals surface area contributed by atoms with Crippen LogP contribution in [-0.4, -0.2) is 14.7 Å². The Morgan fingerprint density at radius 2 is 1.75 bits per heavy atom. The molecule has 0 fully saturated rings.